The highest BCUT2D eigenvalue weighted by Crippen LogP contribution is 2.34. The summed E-state index contributed by atoms with van der Waals surface area (Å²) in [6, 6.07) is 6.48. The third-order valence-corrected chi connectivity index (χ3v) is 6.24. The van der Waals surface area contributed by atoms with Crippen LogP contribution in [-0.4, -0.2) is 20.7 Å². The molecule has 0 bridgehead atoms. The highest BCUT2D eigenvalue weighted by atomic mass is 16.1. The van der Waals surface area contributed by atoms with Crippen LogP contribution in [-0.2, 0) is 6.54 Å². The highest BCUT2D eigenvalue weighted by Gasteiger charge is 2.23. The van der Waals surface area contributed by atoms with Crippen LogP contribution in [0.1, 0.15) is 84.2 Å². The maximum absolute atomic E-state index is 13.2. The van der Waals surface area contributed by atoms with Gasteiger partial charge in [-0.05, 0) is 61.9 Å². The molecule has 0 unspecified atom stereocenters. The zero-order chi connectivity index (χ0) is 21.4. The largest absolute Gasteiger partial charge is 0.348 e. The van der Waals surface area contributed by atoms with E-state index in [4.69, 9.17) is 0 Å². The van der Waals surface area contributed by atoms with Crippen molar-refractivity contribution in [2.24, 2.45) is 0 Å². The fourth-order valence-electron chi connectivity index (χ4n) is 4.49. The van der Waals surface area contributed by atoms with Gasteiger partial charge in [-0.2, -0.15) is 5.10 Å². The van der Waals surface area contributed by atoms with E-state index >= 15 is 0 Å². The molecule has 2 N–H and O–H groups in total. The molecule has 0 atom stereocenters. The first-order valence-electron chi connectivity index (χ1n) is 10.8. The molecule has 2 aromatic heterocycles. The van der Waals surface area contributed by atoms with Crippen LogP contribution >= 0.6 is 0 Å². The number of pyridine rings is 1. The van der Waals surface area contributed by atoms with Crippen molar-refractivity contribution in [2.45, 2.75) is 71.9 Å². The third-order valence-electron chi connectivity index (χ3n) is 6.24. The standard InChI is InChI=1S/C24H30N4O2/c1-14(2)17-10-19(21-13-26-28(22(21)11-17)18-7-5-6-8-18)23(29)25-12-20-15(3)9-16(4)27-24(20)30/h9-11,13-14,18H,5-8,12H2,1-4H3,(H,25,29)(H,27,30). The molecule has 0 aliphatic heterocycles. The fourth-order valence-corrected chi connectivity index (χ4v) is 4.49. The van der Waals surface area contributed by atoms with Gasteiger partial charge in [-0.1, -0.05) is 26.7 Å². The minimum absolute atomic E-state index is 0.150. The molecule has 1 aromatic carbocycles. The summed E-state index contributed by atoms with van der Waals surface area (Å²) in [5.74, 6) is 0.128. The number of fused-ring (bicyclic) bond motifs is 1. The van der Waals surface area contributed by atoms with E-state index in [1.807, 2.05) is 32.2 Å². The van der Waals surface area contributed by atoms with Gasteiger partial charge >= 0.3 is 0 Å². The minimum Gasteiger partial charge on any atom is -0.348 e. The van der Waals surface area contributed by atoms with E-state index in [0.29, 0.717) is 23.1 Å². The second-order valence-corrected chi connectivity index (χ2v) is 8.81. The Bertz CT molecular complexity index is 1150. The second-order valence-electron chi connectivity index (χ2n) is 8.81. The maximum atomic E-state index is 13.2. The van der Waals surface area contributed by atoms with Crippen LogP contribution < -0.4 is 10.9 Å². The number of aromatic nitrogens is 3. The van der Waals surface area contributed by atoms with Gasteiger partial charge in [0.05, 0.1) is 23.3 Å². The molecule has 6 heteroatoms. The molecular weight excluding hydrogens is 376 g/mol. The monoisotopic (exact) mass is 406 g/mol. The van der Waals surface area contributed by atoms with Crippen molar-refractivity contribution in [3.8, 4) is 0 Å². The molecule has 1 amide bonds. The van der Waals surface area contributed by atoms with Crippen molar-refractivity contribution in [1.29, 1.82) is 0 Å². The van der Waals surface area contributed by atoms with E-state index in [1.165, 1.54) is 12.8 Å². The number of hydrogen-bond donors (Lipinski definition) is 2. The Morgan fingerprint density at radius 3 is 2.63 bits per heavy atom. The quantitative estimate of drug-likeness (QED) is 0.654. The number of hydrogen-bond acceptors (Lipinski definition) is 3. The van der Waals surface area contributed by atoms with E-state index in [-0.39, 0.29) is 18.0 Å². The Morgan fingerprint density at radius 1 is 1.23 bits per heavy atom. The Hall–Kier alpha value is -2.89. The molecule has 0 saturated heterocycles. The molecular formula is C24H30N4O2. The number of amides is 1. The number of nitrogens with zero attached hydrogens (tertiary/aromatic N) is 2. The summed E-state index contributed by atoms with van der Waals surface area (Å²) in [4.78, 5) is 28.3. The topological polar surface area (TPSA) is 79.8 Å². The Morgan fingerprint density at radius 2 is 1.97 bits per heavy atom. The summed E-state index contributed by atoms with van der Waals surface area (Å²) in [6.45, 7) is 8.22. The van der Waals surface area contributed by atoms with Gasteiger partial charge in [0.15, 0.2) is 0 Å². The van der Waals surface area contributed by atoms with E-state index in [1.54, 1.807) is 0 Å². The van der Waals surface area contributed by atoms with Gasteiger partial charge in [-0.25, -0.2) is 0 Å². The molecule has 0 radical (unpaired) electrons. The van der Waals surface area contributed by atoms with Crippen LogP contribution in [0.3, 0.4) is 0 Å². The molecule has 4 rings (SSSR count). The lowest BCUT2D eigenvalue weighted by Crippen LogP contribution is -2.28. The van der Waals surface area contributed by atoms with Crippen LogP contribution in [0.5, 0.6) is 0 Å². The normalized spacial score (nSPS) is 14.7. The average Bonchev–Trinajstić information content (AvgIpc) is 3.35. The molecule has 30 heavy (non-hydrogen) atoms. The number of H-pyrrole nitrogens is 1. The number of nitrogens with one attached hydrogen (secondary N) is 2. The Labute approximate surface area is 176 Å². The molecule has 158 valence electrons. The molecule has 6 nitrogen and oxygen atoms in total. The smallest absolute Gasteiger partial charge is 0.253 e. The average molecular weight is 407 g/mol. The summed E-state index contributed by atoms with van der Waals surface area (Å²) in [7, 11) is 0. The van der Waals surface area contributed by atoms with Gasteiger partial charge in [0.2, 0.25) is 0 Å². The zero-order valence-corrected chi connectivity index (χ0v) is 18.2. The first-order valence-corrected chi connectivity index (χ1v) is 10.8. The summed E-state index contributed by atoms with van der Waals surface area (Å²) in [6.07, 6.45) is 6.55. The number of benzene rings is 1. The molecule has 1 aliphatic carbocycles. The summed E-state index contributed by atoms with van der Waals surface area (Å²) < 4.78 is 2.11. The molecule has 1 saturated carbocycles. The third kappa shape index (κ3) is 3.78. The summed E-state index contributed by atoms with van der Waals surface area (Å²) in [5.41, 5.74) is 4.92. The van der Waals surface area contributed by atoms with Crippen molar-refractivity contribution in [2.75, 3.05) is 0 Å². The van der Waals surface area contributed by atoms with E-state index in [0.717, 1.165) is 40.6 Å². The van der Waals surface area contributed by atoms with Crippen LogP contribution in [0, 0.1) is 13.8 Å². The van der Waals surface area contributed by atoms with Gasteiger partial charge in [0, 0.05) is 23.2 Å². The molecule has 0 spiro atoms. The second kappa shape index (κ2) is 8.09. The number of rotatable bonds is 5. The van der Waals surface area contributed by atoms with Gasteiger partial charge in [-0.3, -0.25) is 14.3 Å². The van der Waals surface area contributed by atoms with Crippen molar-refractivity contribution in [3.63, 3.8) is 0 Å². The lowest BCUT2D eigenvalue weighted by Gasteiger charge is -2.15. The first kappa shape index (κ1) is 20.4. The molecule has 2 heterocycles. The van der Waals surface area contributed by atoms with Crippen molar-refractivity contribution in [1.82, 2.24) is 20.1 Å². The predicted octanol–water partition coefficient (Wildman–Crippen LogP) is 4.51. The van der Waals surface area contributed by atoms with Gasteiger partial charge in [0.25, 0.3) is 11.5 Å². The Balaban J connectivity index is 1.69. The zero-order valence-electron chi connectivity index (χ0n) is 18.2. The van der Waals surface area contributed by atoms with E-state index < -0.39 is 0 Å². The van der Waals surface area contributed by atoms with Crippen LogP contribution in [0.15, 0.2) is 29.2 Å². The first-order chi connectivity index (χ1) is 14.3. The SMILES string of the molecule is Cc1cc(C)c(CNC(=O)c2cc(C(C)C)cc3c2cnn3C2CCCC2)c(=O)[nH]1. The van der Waals surface area contributed by atoms with Crippen LogP contribution in [0.25, 0.3) is 10.9 Å². The lowest BCUT2D eigenvalue weighted by molar-refractivity contribution is 0.0952. The predicted molar refractivity (Wildman–Crippen MR) is 119 cm³/mol. The highest BCUT2D eigenvalue weighted by molar-refractivity contribution is 6.06. The van der Waals surface area contributed by atoms with E-state index in [2.05, 4.69) is 40.0 Å². The lowest BCUT2D eigenvalue weighted by atomic mass is 9.97. The molecule has 3 aromatic rings. The fraction of sp³-hybridized carbons (Fsp3) is 0.458. The number of carbonyl (C=O) groups excluding carboxylic acids is 1. The summed E-state index contributed by atoms with van der Waals surface area (Å²) in [5, 5.41) is 8.49. The van der Waals surface area contributed by atoms with E-state index in [9.17, 15) is 9.59 Å². The number of aromatic amines is 1. The van der Waals surface area contributed by atoms with Crippen molar-refractivity contribution >= 4 is 16.8 Å². The molecule has 1 fully saturated rings. The maximum Gasteiger partial charge on any atom is 0.253 e. The van der Waals surface area contributed by atoms with Gasteiger partial charge < -0.3 is 10.3 Å². The van der Waals surface area contributed by atoms with Crippen molar-refractivity contribution < 1.29 is 4.79 Å². The van der Waals surface area contributed by atoms with Gasteiger partial charge in [0.1, 0.15) is 0 Å². The Kier molecular flexibility index (Phi) is 5.50. The number of aryl methyl sites for hydroxylation is 2. The van der Waals surface area contributed by atoms with Crippen LogP contribution in [0.4, 0.5) is 0 Å². The van der Waals surface area contributed by atoms with Gasteiger partial charge in [-0.15, -0.1) is 0 Å². The van der Waals surface area contributed by atoms with Crippen LogP contribution in [0.2, 0.25) is 0 Å². The number of carbonyl (C=O) groups is 1. The van der Waals surface area contributed by atoms with Crippen molar-refractivity contribution in [3.05, 3.63) is 62.7 Å². The summed E-state index contributed by atoms with van der Waals surface area (Å²) >= 11 is 0. The minimum atomic E-state index is -0.173. The molecule has 1 aliphatic rings.